The summed E-state index contributed by atoms with van der Waals surface area (Å²) in [5.41, 5.74) is 7.95. The van der Waals surface area contributed by atoms with Gasteiger partial charge < -0.3 is 30.5 Å². The zero-order valence-electron chi connectivity index (χ0n) is 22.3. The third kappa shape index (κ3) is 12.3. The van der Waals surface area contributed by atoms with Gasteiger partial charge in [-0.25, -0.2) is 14.4 Å². The van der Waals surface area contributed by atoms with Gasteiger partial charge in [0.25, 0.3) is 0 Å². The molecule has 1 aliphatic rings. The van der Waals surface area contributed by atoms with Crippen molar-refractivity contribution in [1.29, 1.82) is 0 Å². The van der Waals surface area contributed by atoms with Gasteiger partial charge in [-0.05, 0) is 43.2 Å². The van der Waals surface area contributed by atoms with Crippen LogP contribution in [-0.4, -0.2) is 65.3 Å². The monoisotopic (exact) mass is 581 g/mol. The van der Waals surface area contributed by atoms with Gasteiger partial charge in [-0.15, -0.1) is 0 Å². The Bertz CT molecular complexity index is 1120. The van der Waals surface area contributed by atoms with E-state index in [2.05, 4.69) is 5.32 Å². The molecule has 224 valence electrons. The van der Waals surface area contributed by atoms with Gasteiger partial charge in [-0.2, -0.15) is 13.2 Å². The maximum atomic E-state index is 12.8. The summed E-state index contributed by atoms with van der Waals surface area (Å²) in [5, 5.41) is 9.83. The van der Waals surface area contributed by atoms with Crippen molar-refractivity contribution >= 4 is 23.9 Å². The second-order valence-electron chi connectivity index (χ2n) is 9.18. The van der Waals surface area contributed by atoms with Crippen LogP contribution in [-0.2, 0) is 37.1 Å². The summed E-state index contributed by atoms with van der Waals surface area (Å²) in [6.07, 6.45) is -2.41. The molecule has 0 radical (unpaired) electrons. The fraction of sp³-hybridized carbons (Fsp3) is 0.429. The summed E-state index contributed by atoms with van der Waals surface area (Å²) in [7, 11) is 0. The number of likely N-dealkylation sites (tertiary alicyclic amines) is 1. The second kappa shape index (κ2) is 16.9. The fourth-order valence-corrected chi connectivity index (χ4v) is 3.89. The molecule has 0 bridgehead atoms. The number of carboxylic acid groups (broad SMARTS) is 1. The lowest BCUT2D eigenvalue weighted by molar-refractivity contribution is -0.192. The van der Waals surface area contributed by atoms with Crippen LogP contribution < -0.4 is 11.1 Å². The van der Waals surface area contributed by atoms with Crippen molar-refractivity contribution in [3.63, 3.8) is 0 Å². The highest BCUT2D eigenvalue weighted by atomic mass is 19.4. The molecule has 3 rings (SSSR count). The lowest BCUT2D eigenvalue weighted by Crippen LogP contribution is -2.48. The Kier molecular flexibility index (Phi) is 13.6. The minimum Gasteiger partial charge on any atom is -0.475 e. The maximum absolute atomic E-state index is 12.8. The van der Waals surface area contributed by atoms with Crippen LogP contribution in [0, 0.1) is 0 Å². The molecule has 2 aromatic carbocycles. The molecule has 0 saturated carbocycles. The van der Waals surface area contributed by atoms with Crippen molar-refractivity contribution in [1.82, 2.24) is 10.2 Å². The Balaban J connectivity index is 0.000000745. The third-order valence-corrected chi connectivity index (χ3v) is 6.02. The SMILES string of the molecule is N[C@@H](CCCCNC(=O)OCc1ccccc1)C(=O)N1CCC[C@H]1C(=O)OCc1ccccc1.O=C(O)C(F)(F)F. The standard InChI is InChI=1S/C26H33N3O5.C2HF3O2/c27-22(14-7-8-16-28-26(32)34-19-21-12-5-2-6-13-21)24(30)29-17-9-15-23(29)25(31)33-18-20-10-3-1-4-11-20;3-2(4,5)1(6)7/h1-6,10-13,22-23H,7-9,14-19,27H2,(H,28,32);(H,6,7)/t22-,23-;/m0./s1. The zero-order valence-corrected chi connectivity index (χ0v) is 22.3. The first kappa shape index (κ1) is 33.1. The van der Waals surface area contributed by atoms with E-state index in [1.807, 2.05) is 60.7 Å². The highest BCUT2D eigenvalue weighted by Crippen LogP contribution is 2.21. The molecule has 1 heterocycles. The lowest BCUT2D eigenvalue weighted by Gasteiger charge is -2.26. The van der Waals surface area contributed by atoms with Crippen LogP contribution in [0.1, 0.15) is 43.2 Å². The molecule has 0 aliphatic carbocycles. The van der Waals surface area contributed by atoms with E-state index < -0.39 is 30.3 Å². The average Bonchev–Trinajstić information content (AvgIpc) is 3.45. The number of nitrogens with one attached hydrogen (secondary N) is 1. The van der Waals surface area contributed by atoms with Crippen LogP contribution in [0.2, 0.25) is 0 Å². The van der Waals surface area contributed by atoms with E-state index in [1.165, 1.54) is 0 Å². The Morgan fingerprint density at radius 3 is 2.02 bits per heavy atom. The molecule has 41 heavy (non-hydrogen) atoms. The minimum atomic E-state index is -5.08. The van der Waals surface area contributed by atoms with Crippen LogP contribution in [0.15, 0.2) is 60.7 Å². The van der Waals surface area contributed by atoms with Gasteiger partial charge in [-0.3, -0.25) is 4.79 Å². The number of carbonyl (C=O) groups excluding carboxylic acids is 3. The van der Waals surface area contributed by atoms with E-state index in [0.717, 1.165) is 17.5 Å². The van der Waals surface area contributed by atoms with Gasteiger partial charge in [0.15, 0.2) is 0 Å². The summed E-state index contributed by atoms with van der Waals surface area (Å²) >= 11 is 0. The van der Waals surface area contributed by atoms with Crippen molar-refractivity contribution in [3.05, 3.63) is 71.8 Å². The van der Waals surface area contributed by atoms with Crippen LogP contribution >= 0.6 is 0 Å². The van der Waals surface area contributed by atoms with Crippen molar-refractivity contribution in [2.24, 2.45) is 5.73 Å². The first-order chi connectivity index (χ1) is 19.5. The molecule has 2 amide bonds. The van der Waals surface area contributed by atoms with Gasteiger partial charge >= 0.3 is 24.2 Å². The first-order valence-electron chi connectivity index (χ1n) is 13.0. The molecule has 1 fully saturated rings. The van der Waals surface area contributed by atoms with Crippen molar-refractivity contribution in [3.8, 4) is 0 Å². The quantitative estimate of drug-likeness (QED) is 0.268. The predicted molar refractivity (Wildman–Crippen MR) is 141 cm³/mol. The number of amides is 2. The number of halogens is 3. The Morgan fingerprint density at radius 1 is 0.951 bits per heavy atom. The number of nitrogens with zero attached hydrogens (tertiary/aromatic N) is 1. The number of carbonyl (C=O) groups is 4. The van der Waals surface area contributed by atoms with Crippen LogP contribution in [0.3, 0.4) is 0 Å². The van der Waals surface area contributed by atoms with Crippen LogP contribution in [0.5, 0.6) is 0 Å². The molecular weight excluding hydrogens is 547 g/mol. The molecule has 13 heteroatoms. The summed E-state index contributed by atoms with van der Waals surface area (Å²) in [6, 6.07) is 17.6. The van der Waals surface area contributed by atoms with Gasteiger partial charge in [0.2, 0.25) is 5.91 Å². The zero-order chi connectivity index (χ0) is 30.3. The fourth-order valence-electron chi connectivity index (χ4n) is 3.89. The molecule has 0 unspecified atom stereocenters. The highest BCUT2D eigenvalue weighted by Gasteiger charge is 2.38. The summed E-state index contributed by atoms with van der Waals surface area (Å²) < 4.78 is 42.3. The Morgan fingerprint density at radius 2 is 1.49 bits per heavy atom. The molecule has 10 nitrogen and oxygen atoms in total. The number of unbranched alkanes of at least 4 members (excludes halogenated alkanes) is 1. The number of ether oxygens (including phenoxy) is 2. The largest absolute Gasteiger partial charge is 0.490 e. The number of alkyl carbamates (subject to hydrolysis) is 1. The number of rotatable bonds is 11. The first-order valence-corrected chi connectivity index (χ1v) is 13.0. The molecular formula is C28H34F3N3O7. The van der Waals surface area contributed by atoms with E-state index in [1.54, 1.807) is 4.90 Å². The number of benzene rings is 2. The maximum Gasteiger partial charge on any atom is 0.490 e. The molecule has 0 aromatic heterocycles. The van der Waals surface area contributed by atoms with Crippen molar-refractivity contribution < 1.29 is 46.9 Å². The van der Waals surface area contributed by atoms with Gasteiger partial charge in [0.05, 0.1) is 6.04 Å². The number of nitrogens with two attached hydrogens (primary N) is 1. The molecule has 1 saturated heterocycles. The van der Waals surface area contributed by atoms with E-state index >= 15 is 0 Å². The number of hydrogen-bond donors (Lipinski definition) is 3. The topological polar surface area (TPSA) is 148 Å². The molecule has 1 aliphatic heterocycles. The summed E-state index contributed by atoms with van der Waals surface area (Å²) in [5.74, 6) is -3.37. The van der Waals surface area contributed by atoms with Gasteiger partial charge in [0, 0.05) is 13.1 Å². The normalized spacial score (nSPS) is 15.2. The number of alkyl halides is 3. The molecule has 2 atom stereocenters. The minimum absolute atomic E-state index is 0.186. The average molecular weight is 582 g/mol. The van der Waals surface area contributed by atoms with E-state index in [0.29, 0.717) is 38.8 Å². The lowest BCUT2D eigenvalue weighted by atomic mass is 10.1. The van der Waals surface area contributed by atoms with E-state index in [4.69, 9.17) is 25.1 Å². The van der Waals surface area contributed by atoms with Gasteiger partial charge in [0.1, 0.15) is 19.3 Å². The molecule has 0 spiro atoms. The number of carboxylic acids is 1. The van der Waals surface area contributed by atoms with Gasteiger partial charge in [-0.1, -0.05) is 60.7 Å². The van der Waals surface area contributed by atoms with Crippen molar-refractivity contribution in [2.75, 3.05) is 13.1 Å². The smallest absolute Gasteiger partial charge is 0.475 e. The van der Waals surface area contributed by atoms with E-state index in [9.17, 15) is 27.6 Å². The summed E-state index contributed by atoms with van der Waals surface area (Å²) in [6.45, 7) is 1.35. The van der Waals surface area contributed by atoms with Crippen LogP contribution in [0.4, 0.5) is 18.0 Å². The number of esters is 1. The van der Waals surface area contributed by atoms with Crippen molar-refractivity contribution in [2.45, 2.75) is 63.6 Å². The Labute approximate surface area is 235 Å². The number of aliphatic carboxylic acids is 1. The summed E-state index contributed by atoms with van der Waals surface area (Å²) in [4.78, 5) is 47.6. The Hall–Kier alpha value is -4.13. The predicted octanol–water partition coefficient (Wildman–Crippen LogP) is 3.78. The molecule has 4 N–H and O–H groups in total. The second-order valence-corrected chi connectivity index (χ2v) is 9.18. The van der Waals surface area contributed by atoms with Crippen LogP contribution in [0.25, 0.3) is 0 Å². The third-order valence-electron chi connectivity index (χ3n) is 6.02. The highest BCUT2D eigenvalue weighted by molar-refractivity contribution is 5.88. The molecule has 2 aromatic rings. The number of hydrogen-bond acceptors (Lipinski definition) is 7. The van der Waals surface area contributed by atoms with E-state index in [-0.39, 0.29) is 25.1 Å².